The van der Waals surface area contributed by atoms with Crippen molar-refractivity contribution in [3.63, 3.8) is 0 Å². The molecule has 0 aliphatic carbocycles. The van der Waals surface area contributed by atoms with Crippen molar-refractivity contribution >= 4 is 0 Å². The van der Waals surface area contributed by atoms with Gasteiger partial charge in [0.25, 0.3) is 0 Å². The molecular weight excluding hydrogens is 205 g/mol. The van der Waals surface area contributed by atoms with Crippen molar-refractivity contribution in [1.29, 1.82) is 0 Å². The van der Waals surface area contributed by atoms with Gasteiger partial charge in [-0.2, -0.15) is 0 Å². The average Bonchev–Trinajstić information content (AvgIpc) is 2.35. The largest absolute Gasteiger partial charge is 0.410 e. The second-order valence-corrected chi connectivity index (χ2v) is 2.81. The normalized spacial score (nSPS) is 44.7. The summed E-state index contributed by atoms with van der Waals surface area (Å²) in [7, 11) is 0. The summed E-state index contributed by atoms with van der Waals surface area (Å²) in [6.07, 6.45) is 2.78. The van der Waals surface area contributed by atoms with Crippen LogP contribution in [0.15, 0.2) is 0 Å². The molecule has 55 valence electrons. The molecule has 0 amide bonds. The molecule has 3 heteroatoms. The van der Waals surface area contributed by atoms with Gasteiger partial charge in [0.1, 0.15) is 0 Å². The Bertz CT molecular complexity index is 118. The fraction of sp³-hybridized carbons (Fsp3) is 0.857. The summed E-state index contributed by atoms with van der Waals surface area (Å²) in [5, 5.41) is 0. The number of hydrogen-bond acceptors (Lipinski definition) is 2. The van der Waals surface area contributed by atoms with Crippen LogP contribution in [0.25, 0.3) is 0 Å². The summed E-state index contributed by atoms with van der Waals surface area (Å²) in [6.45, 7) is 3.81. The molecule has 2 aliphatic rings. The molecular formula is C7H11O2Y-. The molecule has 2 fully saturated rings. The maximum atomic E-state index is 5.41. The van der Waals surface area contributed by atoms with Gasteiger partial charge < -0.3 is 9.47 Å². The Balaban J connectivity index is 0.000000500. The molecule has 0 aromatic carbocycles. The van der Waals surface area contributed by atoms with E-state index in [2.05, 4.69) is 13.3 Å². The van der Waals surface area contributed by atoms with E-state index in [-0.39, 0.29) is 32.7 Å². The van der Waals surface area contributed by atoms with Gasteiger partial charge in [0, 0.05) is 45.2 Å². The first-order valence-corrected chi connectivity index (χ1v) is 3.44. The van der Waals surface area contributed by atoms with E-state index in [1.165, 1.54) is 0 Å². The Labute approximate surface area is 86.5 Å². The summed E-state index contributed by atoms with van der Waals surface area (Å²) < 4.78 is 10.8. The Morgan fingerprint density at radius 3 is 2.90 bits per heavy atom. The molecule has 3 atom stereocenters. The maximum absolute atomic E-state index is 5.41. The summed E-state index contributed by atoms with van der Waals surface area (Å²) in [5.74, 6) is 0.591. The van der Waals surface area contributed by atoms with Crippen molar-refractivity contribution in [1.82, 2.24) is 0 Å². The summed E-state index contributed by atoms with van der Waals surface area (Å²) >= 11 is 0. The van der Waals surface area contributed by atoms with Crippen LogP contribution in [0.2, 0.25) is 0 Å². The molecule has 2 saturated heterocycles. The Morgan fingerprint density at radius 2 is 2.20 bits per heavy atom. The molecule has 1 unspecified atom stereocenters. The van der Waals surface area contributed by atoms with Crippen molar-refractivity contribution in [3.8, 4) is 0 Å². The van der Waals surface area contributed by atoms with E-state index in [1.54, 1.807) is 0 Å². The van der Waals surface area contributed by atoms with Gasteiger partial charge >= 0.3 is 0 Å². The monoisotopic (exact) mass is 216 g/mol. The number of ether oxygens (including phenoxy) is 2. The fourth-order valence-electron chi connectivity index (χ4n) is 1.50. The molecule has 0 bridgehead atoms. The molecule has 1 radical (unpaired) electrons. The molecule has 0 saturated carbocycles. The smallest absolute Gasteiger partial charge is 0.0570 e. The van der Waals surface area contributed by atoms with Crippen molar-refractivity contribution in [2.45, 2.75) is 19.1 Å². The molecule has 10 heavy (non-hydrogen) atoms. The molecule has 2 aliphatic heterocycles. The van der Waals surface area contributed by atoms with Gasteiger partial charge in [-0.15, -0.1) is 0 Å². The van der Waals surface area contributed by atoms with Crippen molar-refractivity contribution < 1.29 is 42.2 Å². The van der Waals surface area contributed by atoms with Gasteiger partial charge in [0.15, 0.2) is 0 Å². The molecule has 2 rings (SSSR count). The first-order valence-electron chi connectivity index (χ1n) is 3.44. The van der Waals surface area contributed by atoms with Crippen LogP contribution < -0.4 is 0 Å². The van der Waals surface area contributed by atoms with E-state index in [0.29, 0.717) is 18.1 Å². The number of fused-ring (bicyclic) bond motifs is 1. The van der Waals surface area contributed by atoms with Crippen LogP contribution in [0.4, 0.5) is 0 Å². The topological polar surface area (TPSA) is 18.5 Å². The molecule has 0 N–H and O–H groups in total. The zero-order chi connectivity index (χ0) is 6.27. The minimum absolute atomic E-state index is 0. The summed E-state index contributed by atoms with van der Waals surface area (Å²) in [6, 6.07) is 0. The van der Waals surface area contributed by atoms with Crippen LogP contribution >= 0.6 is 0 Å². The minimum Gasteiger partial charge on any atom is -0.410 e. The van der Waals surface area contributed by atoms with Crippen molar-refractivity contribution in [2.24, 2.45) is 5.92 Å². The van der Waals surface area contributed by atoms with Gasteiger partial charge in [0.2, 0.25) is 0 Å². The van der Waals surface area contributed by atoms with E-state index in [4.69, 9.17) is 9.47 Å². The van der Waals surface area contributed by atoms with Gasteiger partial charge in [0.05, 0.1) is 6.10 Å². The van der Waals surface area contributed by atoms with E-state index < -0.39 is 0 Å². The molecule has 0 aromatic heterocycles. The first-order chi connectivity index (χ1) is 4.38. The Kier molecular flexibility index (Phi) is 3.30. The molecule has 2 heterocycles. The van der Waals surface area contributed by atoms with Crippen molar-refractivity contribution in [2.75, 3.05) is 13.2 Å². The van der Waals surface area contributed by atoms with Gasteiger partial charge in [-0.05, 0) is 6.10 Å². The summed E-state index contributed by atoms with van der Waals surface area (Å²) in [5.41, 5.74) is 0. The van der Waals surface area contributed by atoms with Crippen LogP contribution in [-0.2, 0) is 42.2 Å². The van der Waals surface area contributed by atoms with Gasteiger partial charge in [-0.3, -0.25) is 6.42 Å². The van der Waals surface area contributed by atoms with Crippen LogP contribution in [0.5, 0.6) is 0 Å². The third kappa shape index (κ3) is 1.45. The first kappa shape index (κ1) is 9.11. The Morgan fingerprint density at radius 1 is 1.40 bits per heavy atom. The second-order valence-electron chi connectivity index (χ2n) is 2.81. The zero-order valence-corrected chi connectivity index (χ0v) is 8.96. The Hall–Kier alpha value is 1.02. The van der Waals surface area contributed by atoms with E-state index in [0.717, 1.165) is 13.2 Å². The number of rotatable bonds is 0. The predicted octanol–water partition coefficient (Wildman–Crippen LogP) is 0.622. The molecule has 0 aromatic rings. The fourth-order valence-corrected chi connectivity index (χ4v) is 1.50. The third-order valence-electron chi connectivity index (χ3n) is 2.05. The second kappa shape index (κ2) is 3.62. The SMILES string of the molecule is CC1CO[C@@H]2[CH-]CO[C@H]12.[Y]. The quantitative estimate of drug-likeness (QED) is 0.552. The molecule has 2 nitrogen and oxygen atoms in total. The van der Waals surface area contributed by atoms with Crippen LogP contribution in [0, 0.1) is 12.3 Å². The van der Waals surface area contributed by atoms with Gasteiger partial charge in [-0.1, -0.05) is 13.5 Å². The van der Waals surface area contributed by atoms with E-state index >= 15 is 0 Å². The van der Waals surface area contributed by atoms with Crippen molar-refractivity contribution in [3.05, 3.63) is 6.42 Å². The maximum Gasteiger partial charge on any atom is 0.0570 e. The summed E-state index contributed by atoms with van der Waals surface area (Å²) in [4.78, 5) is 0. The third-order valence-corrected chi connectivity index (χ3v) is 2.05. The van der Waals surface area contributed by atoms with Gasteiger partial charge in [-0.25, -0.2) is 0 Å². The van der Waals surface area contributed by atoms with E-state index in [1.807, 2.05) is 0 Å². The van der Waals surface area contributed by atoms with Crippen LogP contribution in [0.3, 0.4) is 0 Å². The molecule has 0 spiro atoms. The zero-order valence-electron chi connectivity index (χ0n) is 6.12. The van der Waals surface area contributed by atoms with Crippen LogP contribution in [0.1, 0.15) is 6.92 Å². The van der Waals surface area contributed by atoms with Crippen LogP contribution in [-0.4, -0.2) is 25.4 Å². The predicted molar refractivity (Wildman–Crippen MR) is 32.9 cm³/mol. The minimum atomic E-state index is 0. The number of hydrogen-bond donors (Lipinski definition) is 0. The van der Waals surface area contributed by atoms with E-state index in [9.17, 15) is 0 Å². The standard InChI is InChI=1S/C7H11O2.Y/c1-5-4-9-6-2-3-8-7(5)6;/h2,5-7H,3-4H2,1H3;/q-1;/t5?,6-,7-;/m1./s1. The average molecular weight is 216 g/mol.